The Morgan fingerprint density at radius 3 is 2.34 bits per heavy atom. The maximum Gasteiger partial charge on any atom is 0.290 e. The number of nitrogens with one attached hydrogen (secondary N) is 2. The zero-order valence-electron chi connectivity index (χ0n) is 19.5. The van der Waals surface area contributed by atoms with E-state index in [1.165, 1.54) is 15.4 Å². The third kappa shape index (κ3) is 5.21. The number of carbonyl (C=O) groups excluding carboxylic acids is 2. The van der Waals surface area contributed by atoms with Crippen LogP contribution in [0.4, 0.5) is 0 Å². The van der Waals surface area contributed by atoms with E-state index in [1.54, 1.807) is 49.7 Å². The van der Waals surface area contributed by atoms with Crippen molar-refractivity contribution in [2.45, 2.75) is 32.7 Å². The highest BCUT2D eigenvalue weighted by molar-refractivity contribution is 6.05. The first kappa shape index (κ1) is 23.7. The number of aryl methyl sites for hydroxylation is 1. The van der Waals surface area contributed by atoms with Crippen molar-refractivity contribution in [3.63, 3.8) is 0 Å². The summed E-state index contributed by atoms with van der Waals surface area (Å²) in [4.78, 5) is 38.3. The van der Waals surface area contributed by atoms with Crippen molar-refractivity contribution in [2.24, 2.45) is 0 Å². The fourth-order valence-corrected chi connectivity index (χ4v) is 3.63. The molecule has 0 unspecified atom stereocenters. The molecule has 0 aliphatic rings. The predicted molar refractivity (Wildman–Crippen MR) is 131 cm³/mol. The number of carbonyl (C=O) groups is 2. The van der Waals surface area contributed by atoms with Crippen LogP contribution in [-0.4, -0.2) is 38.5 Å². The molecule has 0 spiro atoms. The third-order valence-corrected chi connectivity index (χ3v) is 5.50. The number of ether oxygens (including phenoxy) is 1. The standard InChI is InChI=1S/C25H26N6O4/c1-3-4-7-15-31-25(34)20-9-6-5-8-19(20)22(29-31)24(33)27-26-23(32)21-14-16-30(28-21)17-10-12-18(35-2)13-11-17/h5-6,8-14,16H,3-4,7,15H2,1-2H3,(H,26,32)(H,27,33). The summed E-state index contributed by atoms with van der Waals surface area (Å²) in [5, 5.41) is 9.36. The Hall–Kier alpha value is -4.47. The highest BCUT2D eigenvalue weighted by atomic mass is 16.5. The first-order valence-electron chi connectivity index (χ1n) is 11.3. The van der Waals surface area contributed by atoms with Gasteiger partial charge in [-0.05, 0) is 42.8 Å². The van der Waals surface area contributed by atoms with E-state index in [1.807, 2.05) is 12.1 Å². The SMILES string of the molecule is CCCCCn1nc(C(=O)NNC(=O)c2ccn(-c3ccc(OC)cc3)n2)c2ccccc2c1=O. The molecule has 35 heavy (non-hydrogen) atoms. The first-order chi connectivity index (χ1) is 17.0. The lowest BCUT2D eigenvalue weighted by Gasteiger charge is -2.11. The van der Waals surface area contributed by atoms with Gasteiger partial charge in [-0.2, -0.15) is 10.2 Å². The molecule has 2 N–H and O–H groups in total. The number of unbranched alkanes of at least 4 members (excludes halogenated alkanes) is 2. The second-order valence-electron chi connectivity index (χ2n) is 7.88. The molecule has 0 atom stereocenters. The van der Waals surface area contributed by atoms with Crippen LogP contribution in [-0.2, 0) is 6.54 Å². The van der Waals surface area contributed by atoms with Gasteiger partial charge in [0.1, 0.15) is 5.75 Å². The van der Waals surface area contributed by atoms with Crippen LogP contribution in [0.15, 0.2) is 65.6 Å². The minimum absolute atomic E-state index is 0.0563. The van der Waals surface area contributed by atoms with Gasteiger partial charge in [-0.3, -0.25) is 25.2 Å². The molecule has 180 valence electrons. The quantitative estimate of drug-likeness (QED) is 0.299. The number of benzene rings is 2. The molecule has 0 fully saturated rings. The van der Waals surface area contributed by atoms with Gasteiger partial charge in [-0.15, -0.1) is 0 Å². The number of amides is 2. The van der Waals surface area contributed by atoms with Crippen LogP contribution in [0.25, 0.3) is 16.5 Å². The highest BCUT2D eigenvalue weighted by Crippen LogP contribution is 2.15. The fraction of sp³-hybridized carbons (Fsp3) is 0.240. The number of aromatic nitrogens is 4. The molecular formula is C25H26N6O4. The smallest absolute Gasteiger partial charge is 0.290 e. The second-order valence-corrected chi connectivity index (χ2v) is 7.88. The largest absolute Gasteiger partial charge is 0.497 e. The van der Waals surface area contributed by atoms with Gasteiger partial charge in [-0.1, -0.05) is 38.0 Å². The third-order valence-electron chi connectivity index (χ3n) is 5.50. The highest BCUT2D eigenvalue weighted by Gasteiger charge is 2.18. The van der Waals surface area contributed by atoms with Gasteiger partial charge in [0.2, 0.25) is 0 Å². The van der Waals surface area contributed by atoms with Gasteiger partial charge >= 0.3 is 0 Å². The number of methoxy groups -OCH3 is 1. The minimum Gasteiger partial charge on any atom is -0.497 e. The van der Waals surface area contributed by atoms with Crippen molar-refractivity contribution in [1.82, 2.24) is 30.4 Å². The number of fused-ring (bicyclic) bond motifs is 1. The van der Waals surface area contributed by atoms with E-state index < -0.39 is 11.8 Å². The Morgan fingerprint density at radius 1 is 0.914 bits per heavy atom. The van der Waals surface area contributed by atoms with E-state index >= 15 is 0 Å². The summed E-state index contributed by atoms with van der Waals surface area (Å²) in [5.74, 6) is -0.515. The maximum atomic E-state index is 12.9. The van der Waals surface area contributed by atoms with E-state index in [4.69, 9.17) is 4.74 Å². The van der Waals surface area contributed by atoms with E-state index in [9.17, 15) is 14.4 Å². The Morgan fingerprint density at radius 2 is 1.63 bits per heavy atom. The van der Waals surface area contributed by atoms with Crippen LogP contribution in [0.3, 0.4) is 0 Å². The van der Waals surface area contributed by atoms with Gasteiger partial charge in [0.05, 0.1) is 18.2 Å². The van der Waals surface area contributed by atoms with Crippen molar-refractivity contribution in [3.05, 3.63) is 82.5 Å². The molecule has 0 saturated carbocycles. The summed E-state index contributed by atoms with van der Waals surface area (Å²) in [6.07, 6.45) is 4.35. The Labute approximate surface area is 201 Å². The van der Waals surface area contributed by atoms with Crippen LogP contribution in [0, 0.1) is 0 Å². The van der Waals surface area contributed by atoms with Crippen molar-refractivity contribution in [1.29, 1.82) is 0 Å². The predicted octanol–water partition coefficient (Wildman–Crippen LogP) is 2.86. The molecule has 10 heteroatoms. The van der Waals surface area contributed by atoms with Crippen molar-refractivity contribution in [3.8, 4) is 11.4 Å². The number of hydrazine groups is 1. The van der Waals surface area contributed by atoms with Gasteiger partial charge in [0.25, 0.3) is 17.4 Å². The van der Waals surface area contributed by atoms with Crippen LogP contribution >= 0.6 is 0 Å². The lowest BCUT2D eigenvalue weighted by atomic mass is 10.1. The monoisotopic (exact) mass is 474 g/mol. The van der Waals surface area contributed by atoms with E-state index in [0.29, 0.717) is 23.1 Å². The Balaban J connectivity index is 1.49. The summed E-state index contributed by atoms with van der Waals surface area (Å²) in [5.41, 5.74) is 5.42. The molecule has 4 aromatic rings. The second kappa shape index (κ2) is 10.6. The van der Waals surface area contributed by atoms with Crippen molar-refractivity contribution >= 4 is 22.6 Å². The number of hydrogen-bond donors (Lipinski definition) is 2. The van der Waals surface area contributed by atoms with Gasteiger partial charge < -0.3 is 4.74 Å². The van der Waals surface area contributed by atoms with Gasteiger partial charge in [0.15, 0.2) is 11.4 Å². The lowest BCUT2D eigenvalue weighted by molar-refractivity contribution is 0.0840. The van der Waals surface area contributed by atoms with E-state index in [2.05, 4.69) is 28.0 Å². The van der Waals surface area contributed by atoms with Crippen molar-refractivity contribution < 1.29 is 14.3 Å². The number of rotatable bonds is 8. The van der Waals surface area contributed by atoms with E-state index in [-0.39, 0.29) is 16.9 Å². The van der Waals surface area contributed by atoms with Crippen LogP contribution in [0.1, 0.15) is 47.2 Å². The molecular weight excluding hydrogens is 448 g/mol. The van der Waals surface area contributed by atoms with Gasteiger partial charge in [-0.25, -0.2) is 9.36 Å². The summed E-state index contributed by atoms with van der Waals surface area (Å²) in [6.45, 7) is 2.48. The zero-order chi connectivity index (χ0) is 24.8. The molecule has 2 aromatic carbocycles. The molecule has 0 aliphatic heterocycles. The lowest BCUT2D eigenvalue weighted by Crippen LogP contribution is -2.43. The average molecular weight is 475 g/mol. The molecule has 2 amide bonds. The fourth-order valence-electron chi connectivity index (χ4n) is 3.63. The minimum atomic E-state index is -0.631. The molecule has 0 radical (unpaired) electrons. The topological polar surface area (TPSA) is 120 Å². The molecule has 10 nitrogen and oxygen atoms in total. The number of hydrogen-bond acceptors (Lipinski definition) is 6. The molecule has 0 bridgehead atoms. The normalized spacial score (nSPS) is 10.8. The molecule has 2 aromatic heterocycles. The number of nitrogens with zero attached hydrogens (tertiary/aromatic N) is 4. The van der Waals surface area contributed by atoms with Crippen LogP contribution < -0.4 is 21.1 Å². The molecule has 0 saturated heterocycles. The summed E-state index contributed by atoms with van der Waals surface area (Å²) >= 11 is 0. The van der Waals surface area contributed by atoms with Gasteiger partial charge in [0, 0.05) is 18.1 Å². The summed E-state index contributed by atoms with van der Waals surface area (Å²) < 4.78 is 8.00. The summed E-state index contributed by atoms with van der Waals surface area (Å²) in [7, 11) is 1.58. The molecule has 4 rings (SSSR count). The first-order valence-corrected chi connectivity index (χ1v) is 11.3. The van der Waals surface area contributed by atoms with E-state index in [0.717, 1.165) is 24.9 Å². The molecule has 2 heterocycles. The summed E-state index contributed by atoms with van der Waals surface area (Å²) in [6, 6.07) is 15.5. The molecule has 0 aliphatic carbocycles. The van der Waals surface area contributed by atoms with Crippen LogP contribution in [0.2, 0.25) is 0 Å². The average Bonchev–Trinajstić information content (AvgIpc) is 3.39. The Bertz CT molecular complexity index is 1410. The van der Waals surface area contributed by atoms with Crippen LogP contribution in [0.5, 0.6) is 5.75 Å². The Kier molecular flexibility index (Phi) is 7.20. The zero-order valence-corrected chi connectivity index (χ0v) is 19.5. The van der Waals surface area contributed by atoms with Crippen molar-refractivity contribution in [2.75, 3.05) is 7.11 Å². The maximum absolute atomic E-state index is 12.9.